The Hall–Kier alpha value is -0.760. The van der Waals surface area contributed by atoms with Crippen molar-refractivity contribution in [1.82, 2.24) is 5.32 Å². The molecule has 1 aromatic heterocycles. The van der Waals surface area contributed by atoms with Gasteiger partial charge in [-0.15, -0.1) is 0 Å². The topological polar surface area (TPSA) is 25.2 Å². The molecular weight excluding hydrogens is 174 g/mol. The molecule has 0 saturated heterocycles. The molecule has 0 radical (unpaired) electrons. The molecule has 0 spiro atoms. The number of hydrogen-bond acceptors (Lipinski definition) is 2. The van der Waals surface area contributed by atoms with Gasteiger partial charge in [-0.1, -0.05) is 20.8 Å². The number of furan rings is 1. The van der Waals surface area contributed by atoms with E-state index in [0.717, 1.165) is 12.2 Å². The zero-order valence-corrected chi connectivity index (χ0v) is 9.21. The number of hydrogen-bond donors (Lipinski definition) is 1. The van der Waals surface area contributed by atoms with Gasteiger partial charge in [-0.25, -0.2) is 0 Å². The maximum absolute atomic E-state index is 5.42. The van der Waals surface area contributed by atoms with Crippen LogP contribution in [0.2, 0.25) is 0 Å². The molecule has 0 amide bonds. The van der Waals surface area contributed by atoms with E-state index in [2.05, 4.69) is 32.2 Å². The molecule has 1 aliphatic rings. The summed E-state index contributed by atoms with van der Waals surface area (Å²) in [6, 6.07) is 5.06. The van der Waals surface area contributed by atoms with Gasteiger partial charge in [-0.05, 0) is 30.4 Å². The summed E-state index contributed by atoms with van der Waals surface area (Å²) in [4.78, 5) is 0. The van der Waals surface area contributed by atoms with Crippen molar-refractivity contribution in [3.05, 3.63) is 24.2 Å². The molecule has 1 aliphatic carbocycles. The molecule has 1 fully saturated rings. The van der Waals surface area contributed by atoms with E-state index in [4.69, 9.17) is 4.42 Å². The van der Waals surface area contributed by atoms with Crippen LogP contribution in [0.4, 0.5) is 0 Å². The Kier molecular flexibility index (Phi) is 2.40. The van der Waals surface area contributed by atoms with Gasteiger partial charge in [0.1, 0.15) is 5.76 Å². The Bertz CT molecular complexity index is 289. The zero-order valence-electron chi connectivity index (χ0n) is 9.21. The van der Waals surface area contributed by atoms with Crippen LogP contribution in [0.15, 0.2) is 22.8 Å². The average molecular weight is 193 g/mol. The lowest BCUT2D eigenvalue weighted by Crippen LogP contribution is -2.25. The molecule has 2 atom stereocenters. The van der Waals surface area contributed by atoms with Crippen LogP contribution >= 0.6 is 0 Å². The summed E-state index contributed by atoms with van der Waals surface area (Å²) in [6.45, 7) is 6.80. The second-order valence-corrected chi connectivity index (χ2v) is 4.89. The molecule has 14 heavy (non-hydrogen) atoms. The largest absolute Gasteiger partial charge is 0.468 e. The fourth-order valence-corrected chi connectivity index (χ4v) is 1.89. The van der Waals surface area contributed by atoms with E-state index in [1.807, 2.05) is 6.07 Å². The first-order chi connectivity index (χ1) is 6.63. The number of nitrogens with one attached hydrogen (secondary N) is 1. The summed E-state index contributed by atoms with van der Waals surface area (Å²) < 4.78 is 5.42. The van der Waals surface area contributed by atoms with Gasteiger partial charge in [0.05, 0.1) is 12.3 Å². The van der Waals surface area contributed by atoms with Crippen LogP contribution in [0.5, 0.6) is 0 Å². The van der Waals surface area contributed by atoms with Crippen LogP contribution in [0.1, 0.15) is 45.4 Å². The van der Waals surface area contributed by atoms with E-state index in [9.17, 15) is 0 Å². The highest BCUT2D eigenvalue weighted by Crippen LogP contribution is 2.45. The third kappa shape index (κ3) is 1.85. The van der Waals surface area contributed by atoms with Crippen molar-refractivity contribution in [3.8, 4) is 0 Å². The molecule has 1 N–H and O–H groups in total. The van der Waals surface area contributed by atoms with Gasteiger partial charge in [-0.3, -0.25) is 0 Å². The van der Waals surface area contributed by atoms with Gasteiger partial charge >= 0.3 is 0 Å². The van der Waals surface area contributed by atoms with E-state index in [1.165, 1.54) is 6.42 Å². The van der Waals surface area contributed by atoms with Gasteiger partial charge in [0.25, 0.3) is 0 Å². The standard InChI is InChI=1S/C12H19NO/c1-4-9(10-6-5-7-14-10)13-11-8-12(11,2)3/h5-7,9,11,13H,4,8H2,1-3H3. The maximum atomic E-state index is 5.42. The van der Waals surface area contributed by atoms with E-state index in [0.29, 0.717) is 17.5 Å². The van der Waals surface area contributed by atoms with Gasteiger partial charge in [0, 0.05) is 6.04 Å². The van der Waals surface area contributed by atoms with Crippen LogP contribution in [0, 0.1) is 5.41 Å². The predicted molar refractivity (Wildman–Crippen MR) is 57.1 cm³/mol. The molecule has 0 bridgehead atoms. The quantitative estimate of drug-likeness (QED) is 0.794. The molecule has 0 aromatic carbocycles. The van der Waals surface area contributed by atoms with Crippen molar-refractivity contribution in [2.45, 2.75) is 45.7 Å². The molecule has 1 saturated carbocycles. The van der Waals surface area contributed by atoms with Gasteiger partial charge < -0.3 is 9.73 Å². The van der Waals surface area contributed by atoms with Crippen molar-refractivity contribution in [2.24, 2.45) is 5.41 Å². The van der Waals surface area contributed by atoms with Crippen LogP contribution in [0.3, 0.4) is 0 Å². The predicted octanol–water partition coefficient (Wildman–Crippen LogP) is 3.12. The summed E-state index contributed by atoms with van der Waals surface area (Å²) in [6.07, 6.45) is 4.11. The summed E-state index contributed by atoms with van der Waals surface area (Å²) in [5.41, 5.74) is 0.486. The maximum Gasteiger partial charge on any atom is 0.120 e. The van der Waals surface area contributed by atoms with Crippen molar-refractivity contribution in [3.63, 3.8) is 0 Å². The average Bonchev–Trinajstić information content (AvgIpc) is 2.59. The van der Waals surface area contributed by atoms with Crippen molar-refractivity contribution in [1.29, 1.82) is 0 Å². The summed E-state index contributed by atoms with van der Waals surface area (Å²) in [5, 5.41) is 3.64. The molecule has 1 heterocycles. The minimum atomic E-state index is 0.386. The Morgan fingerprint density at radius 2 is 2.36 bits per heavy atom. The smallest absolute Gasteiger partial charge is 0.120 e. The van der Waals surface area contributed by atoms with Crippen LogP contribution in [-0.2, 0) is 0 Å². The molecule has 1 aromatic rings. The van der Waals surface area contributed by atoms with Crippen molar-refractivity contribution >= 4 is 0 Å². The van der Waals surface area contributed by atoms with Gasteiger partial charge in [-0.2, -0.15) is 0 Å². The highest BCUT2D eigenvalue weighted by Gasteiger charge is 2.46. The molecule has 0 aliphatic heterocycles. The molecule has 78 valence electrons. The Balaban J connectivity index is 1.95. The lowest BCUT2D eigenvalue weighted by atomic mass is 10.1. The van der Waals surface area contributed by atoms with Gasteiger partial charge in [0.15, 0.2) is 0 Å². The normalized spacial score (nSPS) is 26.1. The lowest BCUT2D eigenvalue weighted by Gasteiger charge is -2.15. The first-order valence-corrected chi connectivity index (χ1v) is 5.43. The zero-order chi connectivity index (χ0) is 10.2. The third-order valence-electron chi connectivity index (χ3n) is 3.21. The van der Waals surface area contributed by atoms with E-state index >= 15 is 0 Å². The monoisotopic (exact) mass is 193 g/mol. The molecule has 2 heteroatoms. The minimum Gasteiger partial charge on any atom is -0.468 e. The van der Waals surface area contributed by atoms with E-state index < -0.39 is 0 Å². The van der Waals surface area contributed by atoms with Crippen LogP contribution in [-0.4, -0.2) is 6.04 Å². The van der Waals surface area contributed by atoms with Crippen LogP contribution in [0.25, 0.3) is 0 Å². The third-order valence-corrected chi connectivity index (χ3v) is 3.21. The van der Waals surface area contributed by atoms with Crippen LogP contribution < -0.4 is 5.32 Å². The van der Waals surface area contributed by atoms with Crippen molar-refractivity contribution in [2.75, 3.05) is 0 Å². The minimum absolute atomic E-state index is 0.386. The van der Waals surface area contributed by atoms with Crippen molar-refractivity contribution < 1.29 is 4.42 Å². The molecule has 2 nitrogen and oxygen atoms in total. The first kappa shape index (κ1) is 9.78. The Morgan fingerprint density at radius 3 is 2.79 bits per heavy atom. The SMILES string of the molecule is CCC(NC1CC1(C)C)c1ccco1. The fourth-order valence-electron chi connectivity index (χ4n) is 1.89. The lowest BCUT2D eigenvalue weighted by molar-refractivity contribution is 0.384. The Morgan fingerprint density at radius 1 is 1.64 bits per heavy atom. The van der Waals surface area contributed by atoms with Gasteiger partial charge in [0.2, 0.25) is 0 Å². The summed E-state index contributed by atoms with van der Waals surface area (Å²) >= 11 is 0. The second kappa shape index (κ2) is 3.43. The summed E-state index contributed by atoms with van der Waals surface area (Å²) in [7, 11) is 0. The molecular formula is C12H19NO. The number of rotatable bonds is 4. The fraction of sp³-hybridized carbons (Fsp3) is 0.667. The molecule has 2 rings (SSSR count). The van der Waals surface area contributed by atoms with E-state index in [1.54, 1.807) is 6.26 Å². The first-order valence-electron chi connectivity index (χ1n) is 5.43. The molecule has 2 unspecified atom stereocenters. The van der Waals surface area contributed by atoms with E-state index in [-0.39, 0.29) is 0 Å². The highest BCUT2D eigenvalue weighted by molar-refractivity contribution is 5.09. The highest BCUT2D eigenvalue weighted by atomic mass is 16.3. The Labute approximate surface area is 85.7 Å². The second-order valence-electron chi connectivity index (χ2n) is 4.89. The summed E-state index contributed by atoms with van der Waals surface area (Å²) in [5.74, 6) is 1.07.